The standard InChI is InChI=1S/C15H24ClN3O2/c1-20-7-5-19(6-8-21-2)15-14(16)9-12(11-18-15)10-17-13-3-4-13/h9,11,13,17H,3-8,10H2,1-2H3. The molecule has 0 aliphatic heterocycles. The Balaban J connectivity index is 1.99. The van der Waals surface area contributed by atoms with Gasteiger partial charge in [0.15, 0.2) is 0 Å². The van der Waals surface area contributed by atoms with E-state index in [2.05, 4.69) is 15.2 Å². The van der Waals surface area contributed by atoms with Crippen LogP contribution in [0.2, 0.25) is 5.02 Å². The van der Waals surface area contributed by atoms with Crippen LogP contribution in [0.3, 0.4) is 0 Å². The molecule has 1 fully saturated rings. The first-order valence-electron chi connectivity index (χ1n) is 7.35. The monoisotopic (exact) mass is 313 g/mol. The molecule has 0 saturated heterocycles. The average Bonchev–Trinajstić information content (AvgIpc) is 3.30. The molecule has 0 atom stereocenters. The number of pyridine rings is 1. The summed E-state index contributed by atoms with van der Waals surface area (Å²) in [5, 5.41) is 4.14. The van der Waals surface area contributed by atoms with Crippen LogP contribution in [0.4, 0.5) is 5.82 Å². The normalized spacial score (nSPS) is 14.4. The van der Waals surface area contributed by atoms with Crippen molar-refractivity contribution in [1.82, 2.24) is 10.3 Å². The summed E-state index contributed by atoms with van der Waals surface area (Å²) in [5.41, 5.74) is 1.12. The first-order chi connectivity index (χ1) is 10.2. The molecule has 1 saturated carbocycles. The maximum absolute atomic E-state index is 6.40. The van der Waals surface area contributed by atoms with Crippen molar-refractivity contribution in [2.24, 2.45) is 0 Å². The maximum Gasteiger partial charge on any atom is 0.147 e. The summed E-state index contributed by atoms with van der Waals surface area (Å²) in [6.07, 6.45) is 4.45. The van der Waals surface area contributed by atoms with Crippen molar-refractivity contribution in [3.05, 3.63) is 22.8 Å². The molecule has 0 bridgehead atoms. The Kier molecular flexibility index (Phi) is 6.70. The number of nitrogens with zero attached hydrogens (tertiary/aromatic N) is 2. The van der Waals surface area contributed by atoms with E-state index in [1.54, 1.807) is 14.2 Å². The first-order valence-corrected chi connectivity index (χ1v) is 7.73. The van der Waals surface area contributed by atoms with E-state index >= 15 is 0 Å². The van der Waals surface area contributed by atoms with Crippen LogP contribution in [0.25, 0.3) is 0 Å². The van der Waals surface area contributed by atoms with E-state index in [9.17, 15) is 0 Å². The predicted molar refractivity (Wildman–Crippen MR) is 85.1 cm³/mol. The highest BCUT2D eigenvalue weighted by molar-refractivity contribution is 6.33. The fraction of sp³-hybridized carbons (Fsp3) is 0.667. The second kappa shape index (κ2) is 8.54. The number of rotatable bonds is 10. The van der Waals surface area contributed by atoms with Crippen molar-refractivity contribution in [1.29, 1.82) is 0 Å². The van der Waals surface area contributed by atoms with Gasteiger partial charge in [-0.2, -0.15) is 0 Å². The Morgan fingerprint density at radius 1 is 1.29 bits per heavy atom. The third-order valence-corrected chi connectivity index (χ3v) is 3.76. The van der Waals surface area contributed by atoms with E-state index < -0.39 is 0 Å². The molecule has 1 aliphatic rings. The average molecular weight is 314 g/mol. The number of aromatic nitrogens is 1. The number of nitrogens with one attached hydrogen (secondary N) is 1. The summed E-state index contributed by atoms with van der Waals surface area (Å²) in [6, 6.07) is 2.68. The van der Waals surface area contributed by atoms with Crippen molar-refractivity contribution < 1.29 is 9.47 Å². The summed E-state index contributed by atoms with van der Waals surface area (Å²) in [4.78, 5) is 6.62. The van der Waals surface area contributed by atoms with Gasteiger partial charge in [-0.3, -0.25) is 0 Å². The van der Waals surface area contributed by atoms with E-state index in [1.165, 1.54) is 12.8 Å². The maximum atomic E-state index is 6.40. The van der Waals surface area contributed by atoms with Crippen LogP contribution in [0, 0.1) is 0 Å². The minimum Gasteiger partial charge on any atom is -0.383 e. The highest BCUT2D eigenvalue weighted by Gasteiger charge is 2.20. The molecule has 1 N–H and O–H groups in total. The van der Waals surface area contributed by atoms with Gasteiger partial charge in [-0.15, -0.1) is 0 Å². The number of hydrogen-bond donors (Lipinski definition) is 1. The summed E-state index contributed by atoms with van der Waals surface area (Å²) in [5.74, 6) is 0.793. The highest BCUT2D eigenvalue weighted by atomic mass is 35.5. The summed E-state index contributed by atoms with van der Waals surface area (Å²) >= 11 is 6.40. The zero-order valence-electron chi connectivity index (χ0n) is 12.8. The van der Waals surface area contributed by atoms with E-state index in [4.69, 9.17) is 21.1 Å². The van der Waals surface area contributed by atoms with E-state index in [0.717, 1.165) is 31.0 Å². The minimum absolute atomic E-state index is 0.632. The fourth-order valence-corrected chi connectivity index (χ4v) is 2.38. The molecular formula is C15H24ClN3O2. The fourth-order valence-electron chi connectivity index (χ4n) is 2.08. The lowest BCUT2D eigenvalue weighted by Crippen LogP contribution is -2.31. The van der Waals surface area contributed by atoms with Gasteiger partial charge in [-0.25, -0.2) is 4.98 Å². The number of halogens is 1. The number of methoxy groups -OCH3 is 2. The van der Waals surface area contributed by atoms with Crippen molar-refractivity contribution >= 4 is 17.4 Å². The Morgan fingerprint density at radius 2 is 1.95 bits per heavy atom. The third-order valence-electron chi connectivity index (χ3n) is 3.48. The summed E-state index contributed by atoms with van der Waals surface area (Å²) < 4.78 is 10.3. The molecule has 21 heavy (non-hydrogen) atoms. The molecule has 0 radical (unpaired) electrons. The number of anilines is 1. The highest BCUT2D eigenvalue weighted by Crippen LogP contribution is 2.25. The minimum atomic E-state index is 0.632. The van der Waals surface area contributed by atoms with E-state index in [1.807, 2.05) is 12.3 Å². The van der Waals surface area contributed by atoms with Gasteiger partial charge in [0.1, 0.15) is 5.82 Å². The zero-order chi connectivity index (χ0) is 15.1. The van der Waals surface area contributed by atoms with Gasteiger partial charge in [-0.05, 0) is 24.5 Å². The second-order valence-corrected chi connectivity index (χ2v) is 5.68. The third kappa shape index (κ3) is 5.43. The van der Waals surface area contributed by atoms with Gasteiger partial charge >= 0.3 is 0 Å². The molecule has 0 unspecified atom stereocenters. The quantitative estimate of drug-likeness (QED) is 0.716. The van der Waals surface area contributed by atoms with Crippen LogP contribution in [0.1, 0.15) is 18.4 Å². The topological polar surface area (TPSA) is 46.6 Å². The molecule has 118 valence electrons. The van der Waals surface area contributed by atoms with E-state index in [0.29, 0.717) is 24.3 Å². The van der Waals surface area contributed by atoms with Gasteiger partial charge in [0, 0.05) is 46.1 Å². The lowest BCUT2D eigenvalue weighted by Gasteiger charge is -2.24. The summed E-state index contributed by atoms with van der Waals surface area (Å²) in [7, 11) is 3.38. The largest absolute Gasteiger partial charge is 0.383 e. The van der Waals surface area contributed by atoms with E-state index in [-0.39, 0.29) is 0 Å². The number of ether oxygens (including phenoxy) is 2. The Hall–Kier alpha value is -0.880. The molecule has 0 amide bonds. The second-order valence-electron chi connectivity index (χ2n) is 5.28. The Labute approximate surface area is 131 Å². The lowest BCUT2D eigenvalue weighted by molar-refractivity contribution is 0.190. The zero-order valence-corrected chi connectivity index (χ0v) is 13.5. The van der Waals surface area contributed by atoms with Crippen molar-refractivity contribution in [3.8, 4) is 0 Å². The lowest BCUT2D eigenvalue weighted by atomic mass is 10.2. The van der Waals surface area contributed by atoms with Crippen LogP contribution < -0.4 is 10.2 Å². The van der Waals surface area contributed by atoms with Gasteiger partial charge in [0.25, 0.3) is 0 Å². The molecule has 6 heteroatoms. The van der Waals surface area contributed by atoms with Gasteiger partial charge in [-0.1, -0.05) is 11.6 Å². The molecule has 0 aromatic carbocycles. The smallest absolute Gasteiger partial charge is 0.147 e. The molecule has 2 rings (SSSR count). The van der Waals surface area contributed by atoms with Crippen molar-refractivity contribution in [2.45, 2.75) is 25.4 Å². The van der Waals surface area contributed by atoms with Crippen molar-refractivity contribution in [3.63, 3.8) is 0 Å². The van der Waals surface area contributed by atoms with Crippen molar-refractivity contribution in [2.75, 3.05) is 45.4 Å². The molecule has 1 aromatic heterocycles. The van der Waals surface area contributed by atoms with Gasteiger partial charge in [0.05, 0.1) is 18.2 Å². The molecular weight excluding hydrogens is 290 g/mol. The Bertz CT molecular complexity index is 433. The van der Waals surface area contributed by atoms with Crippen LogP contribution in [0.5, 0.6) is 0 Å². The van der Waals surface area contributed by atoms with Crippen LogP contribution >= 0.6 is 11.6 Å². The van der Waals surface area contributed by atoms with Gasteiger partial charge in [0.2, 0.25) is 0 Å². The predicted octanol–water partition coefficient (Wildman–Crippen LogP) is 2.09. The van der Waals surface area contributed by atoms with Crippen LogP contribution in [-0.4, -0.2) is 51.5 Å². The summed E-state index contributed by atoms with van der Waals surface area (Å²) in [6.45, 7) is 3.58. The number of hydrogen-bond acceptors (Lipinski definition) is 5. The molecule has 0 spiro atoms. The molecule has 1 aliphatic carbocycles. The first kappa shape index (κ1) is 16.5. The molecule has 1 aromatic rings. The van der Waals surface area contributed by atoms with Crippen LogP contribution in [0.15, 0.2) is 12.3 Å². The Morgan fingerprint density at radius 3 is 2.48 bits per heavy atom. The van der Waals surface area contributed by atoms with Gasteiger partial charge < -0.3 is 19.7 Å². The molecule has 1 heterocycles. The van der Waals surface area contributed by atoms with Crippen LogP contribution in [-0.2, 0) is 16.0 Å². The SMILES string of the molecule is COCCN(CCOC)c1ncc(CNC2CC2)cc1Cl. The molecule has 5 nitrogen and oxygen atoms in total.